The summed E-state index contributed by atoms with van der Waals surface area (Å²) in [5, 5.41) is 6.52. The fourth-order valence-electron chi connectivity index (χ4n) is 2.32. The summed E-state index contributed by atoms with van der Waals surface area (Å²) in [4.78, 5) is 22.1. The van der Waals surface area contributed by atoms with Crippen LogP contribution >= 0.6 is 0 Å². The minimum atomic E-state index is -4.78. The predicted octanol–water partition coefficient (Wildman–Crippen LogP) is 3.18. The second-order valence-electron chi connectivity index (χ2n) is 5.95. The average Bonchev–Trinajstić information content (AvgIpc) is 2.48. The first kappa shape index (κ1) is 22.9. The van der Waals surface area contributed by atoms with Gasteiger partial charge >= 0.3 is 11.9 Å². The van der Waals surface area contributed by atoms with Crippen molar-refractivity contribution in [2.24, 2.45) is 0 Å². The van der Waals surface area contributed by atoms with Gasteiger partial charge in [0.2, 0.25) is 0 Å². The Hall–Kier alpha value is -1.15. The number of esters is 1. The van der Waals surface area contributed by atoms with Gasteiger partial charge in [0.15, 0.2) is 5.25 Å². The number of hydrogen-bond donors (Lipinski definition) is 2. The normalized spacial score (nSPS) is 12.8. The van der Waals surface area contributed by atoms with Crippen LogP contribution in [0.3, 0.4) is 0 Å². The molecule has 0 aromatic carbocycles. The third-order valence-electron chi connectivity index (χ3n) is 3.72. The van der Waals surface area contributed by atoms with E-state index in [0.29, 0.717) is 6.42 Å². The quantitative estimate of drug-likeness (QED) is 0.259. The monoisotopic (exact) mass is 366 g/mol. The Bertz CT molecular complexity index is 459. The highest BCUT2D eigenvalue weighted by atomic mass is 32.2. The standard InChI is InChI=1S/C16H30O7S/c1-2-3-4-5-6-7-8-9-10-11-12-23-16(19)14(13-15(17)18)24(20,21)22/h14H,2-13H2,1H3,(H,17,18)(H,20,21,22). The molecule has 0 aromatic heterocycles. The molecular formula is C16H30O7S. The summed E-state index contributed by atoms with van der Waals surface area (Å²) in [7, 11) is -4.78. The van der Waals surface area contributed by atoms with E-state index in [2.05, 4.69) is 6.92 Å². The lowest BCUT2D eigenvalue weighted by molar-refractivity contribution is -0.147. The maximum Gasteiger partial charge on any atom is 0.327 e. The largest absolute Gasteiger partial charge is 0.481 e. The van der Waals surface area contributed by atoms with E-state index in [4.69, 9.17) is 14.4 Å². The zero-order valence-electron chi connectivity index (χ0n) is 14.4. The zero-order valence-corrected chi connectivity index (χ0v) is 15.2. The Balaban J connectivity index is 3.75. The van der Waals surface area contributed by atoms with Crippen LogP contribution in [-0.4, -0.2) is 41.9 Å². The lowest BCUT2D eigenvalue weighted by atomic mass is 10.1. The molecule has 0 aliphatic heterocycles. The highest BCUT2D eigenvalue weighted by Gasteiger charge is 2.34. The number of rotatable bonds is 15. The molecule has 0 bridgehead atoms. The highest BCUT2D eigenvalue weighted by molar-refractivity contribution is 7.87. The molecule has 0 radical (unpaired) electrons. The number of carboxylic acid groups (broad SMARTS) is 1. The van der Waals surface area contributed by atoms with Crippen LogP contribution < -0.4 is 0 Å². The molecule has 0 rings (SSSR count). The summed E-state index contributed by atoms with van der Waals surface area (Å²) in [5.74, 6) is -2.70. The van der Waals surface area contributed by atoms with Gasteiger partial charge in [-0.3, -0.25) is 14.1 Å². The van der Waals surface area contributed by atoms with Crippen molar-refractivity contribution in [2.75, 3.05) is 6.61 Å². The average molecular weight is 366 g/mol. The lowest BCUT2D eigenvalue weighted by Crippen LogP contribution is -2.34. The molecule has 0 fully saturated rings. The topological polar surface area (TPSA) is 118 Å². The number of carboxylic acids is 1. The molecule has 0 spiro atoms. The fraction of sp³-hybridized carbons (Fsp3) is 0.875. The molecule has 0 saturated carbocycles. The molecule has 8 heteroatoms. The molecule has 1 atom stereocenters. The van der Waals surface area contributed by atoms with Gasteiger partial charge in [-0.2, -0.15) is 8.42 Å². The van der Waals surface area contributed by atoms with Gasteiger partial charge in [-0.25, -0.2) is 0 Å². The first-order valence-corrected chi connectivity index (χ1v) is 10.1. The second-order valence-corrected chi connectivity index (χ2v) is 7.55. The molecule has 0 amide bonds. The summed E-state index contributed by atoms with van der Waals surface area (Å²) >= 11 is 0. The number of hydrogen-bond acceptors (Lipinski definition) is 5. The van der Waals surface area contributed by atoms with Crippen LogP contribution in [0.4, 0.5) is 0 Å². The van der Waals surface area contributed by atoms with Crippen molar-refractivity contribution in [2.45, 2.75) is 82.8 Å². The Morgan fingerprint density at radius 2 is 1.38 bits per heavy atom. The second kappa shape index (κ2) is 13.2. The number of ether oxygens (including phenoxy) is 1. The third-order valence-corrected chi connectivity index (χ3v) is 4.80. The minimum absolute atomic E-state index is 0.0287. The van der Waals surface area contributed by atoms with Crippen LogP contribution in [0, 0.1) is 0 Å². The van der Waals surface area contributed by atoms with Crippen LogP contribution in [0.2, 0.25) is 0 Å². The van der Waals surface area contributed by atoms with Gasteiger partial charge in [0.1, 0.15) is 0 Å². The van der Waals surface area contributed by atoms with Crippen LogP contribution in [0.25, 0.3) is 0 Å². The van der Waals surface area contributed by atoms with Crippen molar-refractivity contribution < 1.29 is 32.4 Å². The van der Waals surface area contributed by atoms with E-state index in [1.54, 1.807) is 0 Å². The molecule has 7 nitrogen and oxygen atoms in total. The van der Waals surface area contributed by atoms with Gasteiger partial charge < -0.3 is 9.84 Å². The van der Waals surface area contributed by atoms with Crippen molar-refractivity contribution in [3.8, 4) is 0 Å². The van der Waals surface area contributed by atoms with Gasteiger partial charge in [-0.15, -0.1) is 0 Å². The maximum atomic E-state index is 11.6. The molecule has 142 valence electrons. The molecule has 0 aromatic rings. The Labute approximate surface area is 144 Å². The lowest BCUT2D eigenvalue weighted by Gasteiger charge is -2.11. The van der Waals surface area contributed by atoms with E-state index in [0.717, 1.165) is 19.3 Å². The van der Waals surface area contributed by atoms with Gasteiger partial charge in [0.25, 0.3) is 10.1 Å². The van der Waals surface area contributed by atoms with Crippen LogP contribution in [-0.2, 0) is 24.4 Å². The van der Waals surface area contributed by atoms with Crippen molar-refractivity contribution in [3.05, 3.63) is 0 Å². The van der Waals surface area contributed by atoms with Gasteiger partial charge in [0, 0.05) is 0 Å². The zero-order chi connectivity index (χ0) is 18.4. The molecule has 0 heterocycles. The van der Waals surface area contributed by atoms with Crippen LogP contribution in [0.5, 0.6) is 0 Å². The van der Waals surface area contributed by atoms with E-state index in [9.17, 15) is 18.0 Å². The predicted molar refractivity (Wildman–Crippen MR) is 90.4 cm³/mol. The molecule has 2 N–H and O–H groups in total. The maximum absolute atomic E-state index is 11.6. The van der Waals surface area contributed by atoms with E-state index < -0.39 is 33.7 Å². The molecular weight excluding hydrogens is 336 g/mol. The van der Waals surface area contributed by atoms with Gasteiger partial charge in [-0.05, 0) is 6.42 Å². The summed E-state index contributed by atoms with van der Waals surface area (Å²) in [6.07, 6.45) is 10.1. The van der Waals surface area contributed by atoms with Crippen molar-refractivity contribution >= 4 is 22.1 Å². The summed E-state index contributed by atoms with van der Waals surface area (Å²) < 4.78 is 35.6. The van der Waals surface area contributed by atoms with Gasteiger partial charge in [-0.1, -0.05) is 64.7 Å². The van der Waals surface area contributed by atoms with Crippen molar-refractivity contribution in [1.82, 2.24) is 0 Å². The molecule has 0 aliphatic rings. The number of carbonyl (C=O) groups is 2. The number of unbranched alkanes of at least 4 members (excludes halogenated alkanes) is 9. The first-order chi connectivity index (χ1) is 11.3. The number of carbonyl (C=O) groups excluding carboxylic acids is 1. The smallest absolute Gasteiger partial charge is 0.327 e. The molecule has 24 heavy (non-hydrogen) atoms. The number of aliphatic carboxylic acids is 1. The van der Waals surface area contributed by atoms with E-state index in [1.165, 1.54) is 38.5 Å². The summed E-state index contributed by atoms with van der Waals surface area (Å²) in [5.41, 5.74) is 0. The Morgan fingerprint density at radius 3 is 1.79 bits per heavy atom. The summed E-state index contributed by atoms with van der Waals surface area (Å²) in [6, 6.07) is 0. The SMILES string of the molecule is CCCCCCCCCCCCOC(=O)C(CC(=O)O)S(=O)(=O)O. The Morgan fingerprint density at radius 1 is 0.917 bits per heavy atom. The third kappa shape index (κ3) is 12.3. The van der Waals surface area contributed by atoms with Crippen LogP contribution in [0.15, 0.2) is 0 Å². The molecule has 1 unspecified atom stereocenters. The minimum Gasteiger partial charge on any atom is -0.481 e. The highest BCUT2D eigenvalue weighted by Crippen LogP contribution is 2.11. The van der Waals surface area contributed by atoms with Crippen LogP contribution in [0.1, 0.15) is 77.6 Å². The van der Waals surface area contributed by atoms with E-state index in [1.807, 2.05) is 0 Å². The molecule has 0 aliphatic carbocycles. The summed E-state index contributed by atoms with van der Waals surface area (Å²) in [6.45, 7) is 2.22. The molecule has 0 saturated heterocycles. The van der Waals surface area contributed by atoms with E-state index >= 15 is 0 Å². The Kier molecular flexibility index (Phi) is 12.5. The van der Waals surface area contributed by atoms with Crippen molar-refractivity contribution in [3.63, 3.8) is 0 Å². The fourth-order valence-corrected chi connectivity index (χ4v) is 2.99. The van der Waals surface area contributed by atoms with E-state index in [-0.39, 0.29) is 6.61 Å². The first-order valence-electron chi connectivity index (χ1n) is 8.63. The van der Waals surface area contributed by atoms with Crippen molar-refractivity contribution in [1.29, 1.82) is 0 Å². The van der Waals surface area contributed by atoms with Gasteiger partial charge in [0.05, 0.1) is 13.0 Å².